The van der Waals surface area contributed by atoms with Gasteiger partial charge in [0.2, 0.25) is 6.79 Å². The molecule has 3 aromatic rings. The largest absolute Gasteiger partial charge is 0.492 e. The number of hydrogen-bond acceptors (Lipinski definition) is 5. The van der Waals surface area contributed by atoms with Crippen molar-refractivity contribution in [1.82, 2.24) is 15.1 Å². The van der Waals surface area contributed by atoms with Crippen LogP contribution in [0.2, 0.25) is 0 Å². The SMILES string of the molecule is O=C(NCCOc1ccc2c(c1)OCO2)c1cnn(-c2cccc(C(F)(F)F)c2)c1C(F)(F)F. The molecule has 1 aliphatic rings. The van der Waals surface area contributed by atoms with Crippen molar-refractivity contribution in [1.29, 1.82) is 0 Å². The normalized spacial score (nSPS) is 13.1. The van der Waals surface area contributed by atoms with Gasteiger partial charge >= 0.3 is 12.4 Å². The number of rotatable bonds is 6. The second-order valence-corrected chi connectivity index (χ2v) is 6.98. The number of halogens is 6. The summed E-state index contributed by atoms with van der Waals surface area (Å²) in [6.07, 6.45) is -9.18. The van der Waals surface area contributed by atoms with Crippen LogP contribution in [0.3, 0.4) is 0 Å². The summed E-state index contributed by atoms with van der Waals surface area (Å²) in [4.78, 5) is 12.4. The lowest BCUT2D eigenvalue weighted by Crippen LogP contribution is -2.30. The average molecular weight is 487 g/mol. The molecule has 2 aromatic carbocycles. The first-order chi connectivity index (χ1) is 16.0. The van der Waals surface area contributed by atoms with E-state index in [1.54, 1.807) is 18.2 Å². The van der Waals surface area contributed by atoms with Crippen molar-refractivity contribution in [2.24, 2.45) is 0 Å². The zero-order valence-corrected chi connectivity index (χ0v) is 17.0. The van der Waals surface area contributed by atoms with Crippen molar-refractivity contribution in [3.8, 4) is 22.9 Å². The molecule has 0 aliphatic carbocycles. The maximum Gasteiger partial charge on any atom is 0.434 e. The van der Waals surface area contributed by atoms with Gasteiger partial charge in [-0.1, -0.05) is 6.07 Å². The summed E-state index contributed by atoms with van der Waals surface area (Å²) in [6.45, 7) is -0.154. The molecule has 0 radical (unpaired) electrons. The Labute approximate surface area is 187 Å². The van der Waals surface area contributed by atoms with E-state index in [4.69, 9.17) is 14.2 Å². The van der Waals surface area contributed by atoms with Gasteiger partial charge in [0.1, 0.15) is 12.4 Å². The summed E-state index contributed by atoms with van der Waals surface area (Å²) >= 11 is 0. The van der Waals surface area contributed by atoms with E-state index in [0.717, 1.165) is 12.1 Å². The summed E-state index contributed by atoms with van der Waals surface area (Å²) in [7, 11) is 0. The molecule has 0 spiro atoms. The monoisotopic (exact) mass is 487 g/mol. The highest BCUT2D eigenvalue weighted by molar-refractivity contribution is 5.95. The first-order valence-electron chi connectivity index (χ1n) is 9.67. The zero-order valence-electron chi connectivity index (χ0n) is 17.0. The van der Waals surface area contributed by atoms with Crippen LogP contribution < -0.4 is 19.5 Å². The van der Waals surface area contributed by atoms with Crippen molar-refractivity contribution in [3.05, 3.63) is 65.5 Å². The van der Waals surface area contributed by atoms with Gasteiger partial charge in [0.05, 0.1) is 29.6 Å². The fraction of sp³-hybridized carbons (Fsp3) is 0.238. The van der Waals surface area contributed by atoms with Gasteiger partial charge in [-0.2, -0.15) is 31.4 Å². The summed E-state index contributed by atoms with van der Waals surface area (Å²) in [6, 6.07) is 7.98. The van der Waals surface area contributed by atoms with Gasteiger partial charge in [-0.3, -0.25) is 4.79 Å². The summed E-state index contributed by atoms with van der Waals surface area (Å²) in [5.74, 6) is 0.295. The van der Waals surface area contributed by atoms with Crippen LogP contribution in [0.25, 0.3) is 5.69 Å². The number of fused-ring (bicyclic) bond motifs is 1. The lowest BCUT2D eigenvalue weighted by Gasteiger charge is -2.14. The Morgan fingerprint density at radius 3 is 2.53 bits per heavy atom. The fourth-order valence-electron chi connectivity index (χ4n) is 3.19. The van der Waals surface area contributed by atoms with Crippen LogP contribution in [0.5, 0.6) is 17.2 Å². The van der Waals surface area contributed by atoms with Crippen LogP contribution in [0, 0.1) is 0 Å². The third kappa shape index (κ3) is 4.87. The average Bonchev–Trinajstić information content (AvgIpc) is 3.43. The molecule has 0 fully saturated rings. The fourth-order valence-corrected chi connectivity index (χ4v) is 3.19. The Balaban J connectivity index is 1.47. The topological polar surface area (TPSA) is 74.6 Å². The minimum atomic E-state index is -5.07. The van der Waals surface area contributed by atoms with Crippen molar-refractivity contribution in [2.45, 2.75) is 12.4 Å². The van der Waals surface area contributed by atoms with E-state index in [1.165, 1.54) is 0 Å². The molecule has 1 amide bonds. The molecule has 0 atom stereocenters. The van der Waals surface area contributed by atoms with Crippen LogP contribution in [-0.4, -0.2) is 35.6 Å². The van der Waals surface area contributed by atoms with Crippen molar-refractivity contribution in [2.75, 3.05) is 19.9 Å². The smallest absolute Gasteiger partial charge is 0.434 e. The quantitative estimate of drug-likeness (QED) is 0.411. The van der Waals surface area contributed by atoms with Gasteiger partial charge in [-0.05, 0) is 30.3 Å². The first kappa shape index (κ1) is 23.3. The molecular weight excluding hydrogens is 472 g/mol. The first-order valence-corrected chi connectivity index (χ1v) is 9.67. The number of benzene rings is 2. The predicted octanol–water partition coefficient (Wildman–Crippen LogP) is 4.45. The number of alkyl halides is 6. The molecule has 1 aliphatic heterocycles. The number of amides is 1. The van der Waals surface area contributed by atoms with Gasteiger partial charge in [-0.15, -0.1) is 0 Å². The minimum Gasteiger partial charge on any atom is -0.492 e. The number of aromatic nitrogens is 2. The Kier molecular flexibility index (Phi) is 6.02. The van der Waals surface area contributed by atoms with Gasteiger partial charge in [0.15, 0.2) is 17.2 Å². The van der Waals surface area contributed by atoms with Gasteiger partial charge in [0.25, 0.3) is 5.91 Å². The number of nitrogens with zero attached hydrogens (tertiary/aromatic N) is 2. The molecular formula is C21H15F6N3O4. The van der Waals surface area contributed by atoms with Crippen LogP contribution in [0.15, 0.2) is 48.7 Å². The van der Waals surface area contributed by atoms with E-state index in [2.05, 4.69) is 10.4 Å². The lowest BCUT2D eigenvalue weighted by molar-refractivity contribution is -0.143. The Morgan fingerprint density at radius 2 is 1.79 bits per heavy atom. The molecule has 0 unspecified atom stereocenters. The van der Waals surface area contributed by atoms with Crippen LogP contribution in [0.4, 0.5) is 26.3 Å². The molecule has 0 saturated heterocycles. The van der Waals surface area contributed by atoms with Gasteiger partial charge in [-0.25, -0.2) is 4.68 Å². The minimum absolute atomic E-state index is 0.0740. The van der Waals surface area contributed by atoms with E-state index >= 15 is 0 Å². The van der Waals surface area contributed by atoms with Crippen LogP contribution in [-0.2, 0) is 12.4 Å². The summed E-state index contributed by atoms with van der Waals surface area (Å²) < 4.78 is 96.2. The van der Waals surface area contributed by atoms with Gasteiger partial charge in [0, 0.05) is 6.07 Å². The molecule has 13 heteroatoms. The maximum atomic E-state index is 13.7. The van der Waals surface area contributed by atoms with E-state index in [-0.39, 0.29) is 24.6 Å². The Bertz CT molecular complexity index is 1210. The van der Waals surface area contributed by atoms with E-state index in [9.17, 15) is 31.1 Å². The number of carbonyl (C=O) groups excluding carboxylic acids is 1. The second-order valence-electron chi connectivity index (χ2n) is 6.98. The Morgan fingerprint density at radius 1 is 1.03 bits per heavy atom. The highest BCUT2D eigenvalue weighted by Crippen LogP contribution is 2.36. The molecule has 4 rings (SSSR count). The predicted molar refractivity (Wildman–Crippen MR) is 104 cm³/mol. The van der Waals surface area contributed by atoms with E-state index < -0.39 is 40.8 Å². The molecule has 180 valence electrons. The highest BCUT2D eigenvalue weighted by atomic mass is 19.4. The third-order valence-electron chi connectivity index (χ3n) is 4.70. The number of carbonyl (C=O) groups is 1. The standard InChI is InChI=1S/C21H15F6N3O4/c22-20(23,24)12-2-1-3-13(8-12)30-18(21(25,26)27)15(10-29-30)19(31)28-6-7-32-14-4-5-16-17(9-14)34-11-33-16/h1-5,8-10H,6-7,11H2,(H,28,31). The Hall–Kier alpha value is -3.90. The third-order valence-corrected chi connectivity index (χ3v) is 4.70. The molecule has 7 nitrogen and oxygen atoms in total. The maximum absolute atomic E-state index is 13.7. The van der Waals surface area contributed by atoms with E-state index in [0.29, 0.717) is 35.6 Å². The summed E-state index contributed by atoms with van der Waals surface area (Å²) in [5, 5.41) is 5.80. The van der Waals surface area contributed by atoms with Gasteiger partial charge < -0.3 is 19.5 Å². The van der Waals surface area contributed by atoms with Crippen molar-refractivity contribution < 1.29 is 45.3 Å². The molecule has 1 N–H and O–H groups in total. The second kappa shape index (κ2) is 8.80. The van der Waals surface area contributed by atoms with Crippen molar-refractivity contribution >= 4 is 5.91 Å². The summed E-state index contributed by atoms with van der Waals surface area (Å²) in [5.41, 5.74) is -3.98. The zero-order chi connectivity index (χ0) is 24.5. The number of hydrogen-bond donors (Lipinski definition) is 1. The number of ether oxygens (including phenoxy) is 3. The molecule has 0 bridgehead atoms. The van der Waals surface area contributed by atoms with Crippen LogP contribution in [0.1, 0.15) is 21.6 Å². The molecule has 34 heavy (non-hydrogen) atoms. The lowest BCUT2D eigenvalue weighted by atomic mass is 10.1. The van der Waals surface area contributed by atoms with Crippen LogP contribution >= 0.6 is 0 Å². The molecule has 0 saturated carbocycles. The molecule has 1 aromatic heterocycles. The highest BCUT2D eigenvalue weighted by Gasteiger charge is 2.41. The molecule has 2 heterocycles. The van der Waals surface area contributed by atoms with E-state index in [1.807, 2.05) is 0 Å². The number of nitrogens with one attached hydrogen (secondary N) is 1. The van der Waals surface area contributed by atoms with Crippen molar-refractivity contribution in [3.63, 3.8) is 0 Å².